The Morgan fingerprint density at radius 2 is 2.03 bits per heavy atom. The number of halogens is 2. The van der Waals surface area contributed by atoms with Gasteiger partial charge in [-0.3, -0.25) is 4.90 Å². The molecule has 0 bridgehead atoms. The zero-order valence-electron chi connectivity index (χ0n) is 19.1. The fraction of sp³-hybridized carbons (Fsp3) is 0.370. The van der Waals surface area contributed by atoms with Gasteiger partial charge in [-0.2, -0.15) is 8.78 Å². The Kier molecular flexibility index (Phi) is 5.68. The number of fused-ring (bicyclic) bond motifs is 1. The number of alkyl halides is 2. The molecule has 0 unspecified atom stereocenters. The molecular weight excluding hydrogens is 438 g/mol. The molecule has 2 aromatic carbocycles. The monoisotopic (exact) mass is 466 g/mol. The van der Waals surface area contributed by atoms with Gasteiger partial charge in [0.1, 0.15) is 5.75 Å². The van der Waals surface area contributed by atoms with Gasteiger partial charge in [0.2, 0.25) is 0 Å². The topological polar surface area (TPSA) is 65.6 Å². The van der Waals surface area contributed by atoms with Crippen molar-refractivity contribution in [3.63, 3.8) is 0 Å². The number of rotatable bonds is 6. The van der Waals surface area contributed by atoms with Gasteiger partial charge in [-0.15, -0.1) is 0 Å². The van der Waals surface area contributed by atoms with Crippen LogP contribution >= 0.6 is 0 Å². The predicted octanol–water partition coefficient (Wildman–Crippen LogP) is 6.45. The lowest BCUT2D eigenvalue weighted by Gasteiger charge is -2.53. The molecule has 0 radical (unpaired) electrons. The summed E-state index contributed by atoms with van der Waals surface area (Å²) < 4.78 is 31.5. The van der Waals surface area contributed by atoms with E-state index in [4.69, 9.17) is 4.74 Å². The number of nitrogens with one attached hydrogen (secondary N) is 1. The molecule has 1 aliphatic heterocycles. The van der Waals surface area contributed by atoms with E-state index < -0.39 is 12.6 Å². The molecule has 1 spiro atoms. The van der Waals surface area contributed by atoms with Crippen LogP contribution in [0.2, 0.25) is 0 Å². The first-order chi connectivity index (χ1) is 16.2. The fourth-order valence-electron chi connectivity index (χ4n) is 5.88. The molecule has 1 aliphatic carbocycles. The van der Waals surface area contributed by atoms with Crippen LogP contribution in [0, 0.1) is 12.3 Å². The van der Waals surface area contributed by atoms with Crippen LogP contribution in [-0.2, 0) is 6.54 Å². The fourth-order valence-corrected chi connectivity index (χ4v) is 5.88. The van der Waals surface area contributed by atoms with Crippen LogP contribution in [0.3, 0.4) is 0 Å². The van der Waals surface area contributed by atoms with E-state index in [-0.39, 0.29) is 22.8 Å². The van der Waals surface area contributed by atoms with Crippen molar-refractivity contribution in [2.45, 2.75) is 51.8 Å². The maximum Gasteiger partial charge on any atom is 0.387 e. The zero-order chi connectivity index (χ0) is 24.0. The molecule has 1 saturated carbocycles. The smallest absolute Gasteiger partial charge is 0.387 e. The third-order valence-corrected chi connectivity index (χ3v) is 7.48. The summed E-state index contributed by atoms with van der Waals surface area (Å²) in [6, 6.07) is 10.7. The number of likely N-dealkylation sites (tertiary alicyclic amines) is 1. The molecule has 1 aromatic heterocycles. The van der Waals surface area contributed by atoms with Gasteiger partial charge in [-0.05, 0) is 80.0 Å². The average molecular weight is 467 g/mol. The lowest BCUT2D eigenvalue weighted by molar-refractivity contribution is -0.0512. The van der Waals surface area contributed by atoms with Gasteiger partial charge in [-0.1, -0.05) is 24.3 Å². The van der Waals surface area contributed by atoms with E-state index in [1.807, 2.05) is 31.3 Å². The van der Waals surface area contributed by atoms with Crippen molar-refractivity contribution >= 4 is 16.9 Å². The van der Waals surface area contributed by atoms with Crippen LogP contribution in [0.5, 0.6) is 5.75 Å². The number of aryl methyl sites for hydroxylation is 1. The van der Waals surface area contributed by atoms with E-state index >= 15 is 0 Å². The molecule has 2 fully saturated rings. The number of benzene rings is 2. The third kappa shape index (κ3) is 4.09. The zero-order valence-corrected chi connectivity index (χ0v) is 19.1. The number of carbonyl (C=O) groups is 1. The Hall–Kier alpha value is -3.19. The molecule has 5 rings (SSSR count). The van der Waals surface area contributed by atoms with Crippen molar-refractivity contribution in [1.82, 2.24) is 9.88 Å². The van der Waals surface area contributed by atoms with Crippen molar-refractivity contribution in [3.8, 4) is 5.75 Å². The Labute approximate surface area is 197 Å². The molecule has 5 nitrogen and oxygen atoms in total. The molecule has 2 aliphatic rings. The predicted molar refractivity (Wildman–Crippen MR) is 126 cm³/mol. The van der Waals surface area contributed by atoms with Crippen LogP contribution in [0.4, 0.5) is 8.78 Å². The van der Waals surface area contributed by atoms with Gasteiger partial charge < -0.3 is 14.8 Å². The summed E-state index contributed by atoms with van der Waals surface area (Å²) in [5.74, 6) is -0.751. The maximum absolute atomic E-state index is 13.3. The number of hydrogen-bond acceptors (Lipinski definition) is 3. The molecule has 2 N–H and O–H groups in total. The highest BCUT2D eigenvalue weighted by atomic mass is 19.3. The summed E-state index contributed by atoms with van der Waals surface area (Å²) in [6.45, 7) is 4.37. The number of allylic oxidation sites excluding steroid dienone is 1. The van der Waals surface area contributed by atoms with Crippen LogP contribution in [0.15, 0.2) is 54.7 Å². The van der Waals surface area contributed by atoms with Crippen LogP contribution in [0.1, 0.15) is 58.8 Å². The highest BCUT2D eigenvalue weighted by molar-refractivity contribution is 5.88. The van der Waals surface area contributed by atoms with Crippen molar-refractivity contribution in [2.24, 2.45) is 5.41 Å². The first kappa shape index (κ1) is 22.6. The first-order valence-electron chi connectivity index (χ1n) is 11.5. The molecule has 34 heavy (non-hydrogen) atoms. The standard InChI is InChI=1S/C27H28F2N2O3/c1-16-12-27(13-16)8-10-31(22(14-27)18-3-5-19(6-4-18)25(32)33)15-21-20-7-9-30-24(20)17(2)11-23(21)34-26(28)29/h3-7,9,11,22,26,30H,1,8,10,12-15H2,2H3,(H,32,33)/t22-/m0/s1. The average Bonchev–Trinajstić information content (AvgIpc) is 3.26. The van der Waals surface area contributed by atoms with E-state index in [0.29, 0.717) is 6.54 Å². The Bertz CT molecular complexity index is 1240. The largest absolute Gasteiger partial charge is 0.478 e. The van der Waals surface area contributed by atoms with E-state index in [2.05, 4.69) is 16.5 Å². The maximum atomic E-state index is 13.3. The molecule has 1 atom stereocenters. The number of ether oxygens (including phenoxy) is 1. The Balaban J connectivity index is 1.52. The van der Waals surface area contributed by atoms with Gasteiger partial charge in [0, 0.05) is 35.2 Å². The Morgan fingerprint density at radius 3 is 2.68 bits per heavy atom. The molecule has 3 aromatic rings. The summed E-state index contributed by atoms with van der Waals surface area (Å²) in [5.41, 5.74) is 5.28. The number of aromatic amines is 1. The lowest BCUT2D eigenvalue weighted by atomic mass is 9.59. The summed E-state index contributed by atoms with van der Waals surface area (Å²) in [5, 5.41) is 10.2. The summed E-state index contributed by atoms with van der Waals surface area (Å²) >= 11 is 0. The van der Waals surface area contributed by atoms with Crippen LogP contribution in [0.25, 0.3) is 10.9 Å². The second-order valence-electron chi connectivity index (χ2n) is 9.79. The van der Waals surface area contributed by atoms with Gasteiger partial charge in [-0.25, -0.2) is 4.79 Å². The molecule has 2 heterocycles. The molecule has 0 amide bonds. The SMILES string of the molecule is C=C1CC2(CCN(Cc3c(OC(F)F)cc(C)c4[nH]ccc34)[C@H](c3ccc(C(=O)O)cc3)C2)C1. The van der Waals surface area contributed by atoms with Crippen LogP contribution in [-0.4, -0.2) is 34.1 Å². The van der Waals surface area contributed by atoms with Gasteiger partial charge >= 0.3 is 12.6 Å². The highest BCUT2D eigenvalue weighted by Crippen LogP contribution is 2.56. The molecule has 1 saturated heterocycles. The molecule has 178 valence electrons. The van der Waals surface area contributed by atoms with E-state index in [1.165, 1.54) is 5.57 Å². The lowest BCUT2D eigenvalue weighted by Crippen LogP contribution is -2.45. The molecule has 7 heteroatoms. The number of aromatic carboxylic acids is 1. The van der Waals surface area contributed by atoms with Crippen LogP contribution < -0.4 is 4.74 Å². The number of carboxylic acids is 1. The number of aromatic nitrogens is 1. The van der Waals surface area contributed by atoms with E-state index in [1.54, 1.807) is 18.2 Å². The Morgan fingerprint density at radius 1 is 1.29 bits per heavy atom. The quantitative estimate of drug-likeness (QED) is 0.410. The normalized spacial score (nSPS) is 20.1. The highest BCUT2D eigenvalue weighted by Gasteiger charge is 2.46. The third-order valence-electron chi connectivity index (χ3n) is 7.48. The van der Waals surface area contributed by atoms with Crippen molar-refractivity contribution in [1.29, 1.82) is 0 Å². The minimum atomic E-state index is -2.90. The van der Waals surface area contributed by atoms with Crippen molar-refractivity contribution in [2.75, 3.05) is 6.54 Å². The number of piperidine rings is 1. The van der Waals surface area contributed by atoms with Gasteiger partial charge in [0.15, 0.2) is 0 Å². The first-order valence-corrected chi connectivity index (χ1v) is 11.5. The summed E-state index contributed by atoms with van der Waals surface area (Å²) in [4.78, 5) is 16.9. The number of carboxylic acid groups (broad SMARTS) is 1. The van der Waals surface area contributed by atoms with E-state index in [0.717, 1.165) is 59.8 Å². The molecular formula is C27H28F2N2O3. The number of hydrogen-bond donors (Lipinski definition) is 2. The minimum absolute atomic E-state index is 0.0411. The van der Waals surface area contributed by atoms with Crippen molar-refractivity contribution in [3.05, 3.63) is 77.0 Å². The summed E-state index contributed by atoms with van der Waals surface area (Å²) in [6.07, 6.45) is 5.78. The summed E-state index contributed by atoms with van der Waals surface area (Å²) in [7, 11) is 0. The van der Waals surface area contributed by atoms with E-state index in [9.17, 15) is 18.7 Å². The van der Waals surface area contributed by atoms with Crippen molar-refractivity contribution < 1.29 is 23.4 Å². The number of H-pyrrole nitrogens is 1. The van der Waals surface area contributed by atoms with Gasteiger partial charge in [0.25, 0.3) is 0 Å². The second-order valence-corrected chi connectivity index (χ2v) is 9.79. The minimum Gasteiger partial charge on any atom is -0.478 e. The second kappa shape index (κ2) is 8.55. The number of nitrogens with zero attached hydrogens (tertiary/aromatic N) is 1. The van der Waals surface area contributed by atoms with Gasteiger partial charge in [0.05, 0.1) is 5.56 Å².